The summed E-state index contributed by atoms with van der Waals surface area (Å²) in [5.74, 6) is -0.0103. The first-order valence-electron chi connectivity index (χ1n) is 5.08. The molecule has 0 N–H and O–H groups in total. The van der Waals surface area contributed by atoms with Gasteiger partial charge in [-0.3, -0.25) is 4.79 Å². The Kier molecular flexibility index (Phi) is 2.57. The van der Waals surface area contributed by atoms with E-state index in [4.69, 9.17) is 4.74 Å². The quantitative estimate of drug-likeness (QED) is 0.619. The molecule has 0 spiro atoms. The molecule has 0 bridgehead atoms. The van der Waals surface area contributed by atoms with Crippen molar-refractivity contribution in [2.45, 2.75) is 13.3 Å². The highest BCUT2D eigenvalue weighted by Gasteiger charge is 2.32. The molecule has 14 heavy (non-hydrogen) atoms. The molecule has 0 aromatic heterocycles. The van der Waals surface area contributed by atoms with Crippen LogP contribution in [0.3, 0.4) is 0 Å². The monoisotopic (exact) mass is 193 g/mol. The predicted octanol–water partition coefficient (Wildman–Crippen LogP) is 1.33. The lowest BCUT2D eigenvalue weighted by Gasteiger charge is -2.19. The van der Waals surface area contributed by atoms with Gasteiger partial charge in [-0.2, -0.15) is 0 Å². The van der Waals surface area contributed by atoms with Crippen LogP contribution in [0.2, 0.25) is 0 Å². The normalized spacial score (nSPS) is 24.5. The molecule has 1 atom stereocenters. The first kappa shape index (κ1) is 9.31. The number of nitrogens with zero attached hydrogens (tertiary/aromatic N) is 1. The number of ether oxygens (including phenoxy) is 1. The molecule has 0 saturated carbocycles. The number of esters is 1. The minimum Gasteiger partial charge on any atom is -0.466 e. The number of fused-ring (bicyclic) bond motifs is 1. The molecule has 3 heteroatoms. The zero-order valence-electron chi connectivity index (χ0n) is 8.40. The first-order chi connectivity index (χ1) is 6.81. The van der Waals surface area contributed by atoms with E-state index in [9.17, 15) is 4.79 Å². The van der Waals surface area contributed by atoms with Crippen molar-refractivity contribution in [3.05, 3.63) is 23.9 Å². The minimum atomic E-state index is -0.0530. The summed E-state index contributed by atoms with van der Waals surface area (Å²) in [6, 6.07) is 0. The summed E-state index contributed by atoms with van der Waals surface area (Å²) in [6.07, 6.45) is 7.09. The van der Waals surface area contributed by atoms with Gasteiger partial charge in [0, 0.05) is 25.2 Å². The summed E-state index contributed by atoms with van der Waals surface area (Å²) in [4.78, 5) is 13.7. The molecule has 0 amide bonds. The molecule has 2 rings (SSSR count). The van der Waals surface area contributed by atoms with Crippen molar-refractivity contribution in [2.24, 2.45) is 5.92 Å². The number of allylic oxidation sites excluding steroid dienone is 3. The molecule has 2 heterocycles. The van der Waals surface area contributed by atoms with E-state index in [1.54, 1.807) is 0 Å². The molecule has 1 fully saturated rings. The molecular weight excluding hydrogens is 178 g/mol. The number of carbonyl (C=O) groups is 1. The predicted molar refractivity (Wildman–Crippen MR) is 53.5 cm³/mol. The van der Waals surface area contributed by atoms with Crippen molar-refractivity contribution in [1.82, 2.24) is 4.90 Å². The Balaban J connectivity index is 1.98. The second-order valence-electron chi connectivity index (χ2n) is 3.64. The summed E-state index contributed by atoms with van der Waals surface area (Å²) in [7, 11) is 0. The lowest BCUT2D eigenvalue weighted by atomic mass is 10.1. The fraction of sp³-hybridized carbons (Fsp3) is 0.545. The third-order valence-corrected chi connectivity index (χ3v) is 2.67. The van der Waals surface area contributed by atoms with Crippen LogP contribution >= 0.6 is 0 Å². The molecule has 0 aromatic carbocycles. The zero-order valence-corrected chi connectivity index (χ0v) is 8.40. The van der Waals surface area contributed by atoms with E-state index in [-0.39, 0.29) is 11.9 Å². The fourth-order valence-electron chi connectivity index (χ4n) is 1.98. The molecule has 2 aliphatic rings. The van der Waals surface area contributed by atoms with E-state index >= 15 is 0 Å². The van der Waals surface area contributed by atoms with Crippen LogP contribution in [0.1, 0.15) is 13.3 Å². The Bertz CT molecular complexity index is 294. The molecule has 1 unspecified atom stereocenters. The Morgan fingerprint density at radius 3 is 3.29 bits per heavy atom. The van der Waals surface area contributed by atoms with Crippen LogP contribution in [0.25, 0.3) is 0 Å². The maximum atomic E-state index is 11.5. The third-order valence-electron chi connectivity index (χ3n) is 2.67. The van der Waals surface area contributed by atoms with Gasteiger partial charge < -0.3 is 9.64 Å². The van der Waals surface area contributed by atoms with E-state index in [1.165, 1.54) is 5.70 Å². The topological polar surface area (TPSA) is 29.5 Å². The molecule has 76 valence electrons. The SMILES string of the molecule is CCOC(=O)C1CC2=CC=CCN2C1. The van der Waals surface area contributed by atoms with Crippen molar-refractivity contribution in [3.8, 4) is 0 Å². The van der Waals surface area contributed by atoms with Gasteiger partial charge >= 0.3 is 5.97 Å². The third kappa shape index (κ3) is 1.67. The Hall–Kier alpha value is -1.25. The van der Waals surface area contributed by atoms with Gasteiger partial charge in [-0.15, -0.1) is 0 Å². The number of hydrogen-bond acceptors (Lipinski definition) is 3. The summed E-state index contributed by atoms with van der Waals surface area (Å²) < 4.78 is 5.02. The van der Waals surface area contributed by atoms with Gasteiger partial charge in [-0.05, 0) is 13.0 Å². The standard InChI is InChI=1S/C11H15NO2/c1-2-14-11(13)9-7-10-5-3-4-6-12(10)8-9/h3-5,9H,2,6-8H2,1H3. The van der Waals surface area contributed by atoms with Crippen molar-refractivity contribution >= 4 is 5.97 Å². The first-order valence-corrected chi connectivity index (χ1v) is 5.08. The van der Waals surface area contributed by atoms with Crippen molar-refractivity contribution < 1.29 is 9.53 Å². The van der Waals surface area contributed by atoms with Crippen molar-refractivity contribution in [2.75, 3.05) is 19.7 Å². The Morgan fingerprint density at radius 2 is 2.57 bits per heavy atom. The van der Waals surface area contributed by atoms with E-state index in [1.807, 2.05) is 6.92 Å². The zero-order chi connectivity index (χ0) is 9.97. The molecular formula is C11H15NO2. The molecule has 0 aromatic rings. The van der Waals surface area contributed by atoms with Gasteiger partial charge in [-0.1, -0.05) is 12.2 Å². The number of rotatable bonds is 2. The average molecular weight is 193 g/mol. The van der Waals surface area contributed by atoms with E-state index in [0.717, 1.165) is 19.5 Å². The van der Waals surface area contributed by atoms with Crippen molar-refractivity contribution in [3.63, 3.8) is 0 Å². The van der Waals surface area contributed by atoms with Gasteiger partial charge in [0.2, 0.25) is 0 Å². The van der Waals surface area contributed by atoms with Crippen LogP contribution in [-0.4, -0.2) is 30.6 Å². The van der Waals surface area contributed by atoms with Gasteiger partial charge in [0.15, 0.2) is 0 Å². The van der Waals surface area contributed by atoms with Crippen LogP contribution < -0.4 is 0 Å². The highest BCUT2D eigenvalue weighted by molar-refractivity contribution is 5.73. The van der Waals surface area contributed by atoms with E-state index in [0.29, 0.717) is 6.61 Å². The molecule has 0 aliphatic carbocycles. The summed E-state index contributed by atoms with van der Waals surface area (Å²) in [6.45, 7) is 4.07. The highest BCUT2D eigenvalue weighted by Crippen LogP contribution is 2.28. The van der Waals surface area contributed by atoms with Gasteiger partial charge in [-0.25, -0.2) is 0 Å². The van der Waals surface area contributed by atoms with Gasteiger partial charge in [0.05, 0.1) is 12.5 Å². The van der Waals surface area contributed by atoms with Gasteiger partial charge in [0.1, 0.15) is 0 Å². The fourth-order valence-corrected chi connectivity index (χ4v) is 1.98. The summed E-state index contributed by atoms with van der Waals surface area (Å²) in [5, 5.41) is 0. The maximum absolute atomic E-state index is 11.5. The van der Waals surface area contributed by atoms with Crippen LogP contribution in [0, 0.1) is 5.92 Å². The van der Waals surface area contributed by atoms with Crippen LogP contribution in [-0.2, 0) is 9.53 Å². The Morgan fingerprint density at radius 1 is 1.71 bits per heavy atom. The Labute approximate surface area is 84.0 Å². The molecule has 0 radical (unpaired) electrons. The summed E-state index contributed by atoms with van der Waals surface area (Å²) in [5.41, 5.74) is 1.27. The van der Waals surface area contributed by atoms with Gasteiger partial charge in [0.25, 0.3) is 0 Å². The van der Waals surface area contributed by atoms with E-state index < -0.39 is 0 Å². The van der Waals surface area contributed by atoms with Crippen LogP contribution in [0.15, 0.2) is 23.9 Å². The molecule has 1 saturated heterocycles. The lowest BCUT2D eigenvalue weighted by Crippen LogP contribution is -2.24. The maximum Gasteiger partial charge on any atom is 0.311 e. The number of carbonyl (C=O) groups excluding carboxylic acids is 1. The lowest BCUT2D eigenvalue weighted by molar-refractivity contribution is -0.147. The minimum absolute atomic E-state index is 0.0427. The van der Waals surface area contributed by atoms with Crippen molar-refractivity contribution in [1.29, 1.82) is 0 Å². The van der Waals surface area contributed by atoms with E-state index in [2.05, 4.69) is 23.1 Å². The molecule has 3 nitrogen and oxygen atoms in total. The molecule has 2 aliphatic heterocycles. The largest absolute Gasteiger partial charge is 0.466 e. The van der Waals surface area contributed by atoms with Crippen LogP contribution in [0.5, 0.6) is 0 Å². The smallest absolute Gasteiger partial charge is 0.311 e. The number of hydrogen-bond donors (Lipinski definition) is 0. The highest BCUT2D eigenvalue weighted by atomic mass is 16.5. The van der Waals surface area contributed by atoms with Crippen LogP contribution in [0.4, 0.5) is 0 Å². The summed E-state index contributed by atoms with van der Waals surface area (Å²) >= 11 is 0. The average Bonchev–Trinajstić information content (AvgIpc) is 2.61. The second kappa shape index (κ2) is 3.86. The second-order valence-corrected chi connectivity index (χ2v) is 3.64.